The topological polar surface area (TPSA) is 63.0 Å². The van der Waals surface area contributed by atoms with Gasteiger partial charge in [-0.05, 0) is 13.8 Å². The van der Waals surface area contributed by atoms with E-state index < -0.39 is 5.60 Å². The second-order valence-corrected chi connectivity index (χ2v) is 3.80. The van der Waals surface area contributed by atoms with Crippen molar-refractivity contribution in [2.75, 3.05) is 6.54 Å². The van der Waals surface area contributed by atoms with Gasteiger partial charge in [-0.1, -0.05) is 5.21 Å². The van der Waals surface area contributed by atoms with Crippen LogP contribution < -0.4 is 5.32 Å². The predicted molar refractivity (Wildman–Crippen MR) is 49.0 cm³/mol. The van der Waals surface area contributed by atoms with Crippen LogP contribution in [-0.4, -0.2) is 32.2 Å². The molecule has 0 saturated heterocycles. The fourth-order valence-electron chi connectivity index (χ4n) is 0.973. The molecule has 74 valence electrons. The molecule has 2 N–H and O–H groups in total. The summed E-state index contributed by atoms with van der Waals surface area (Å²) in [7, 11) is 1.83. The third-order valence-corrected chi connectivity index (χ3v) is 1.51. The minimum atomic E-state index is -0.678. The lowest BCUT2D eigenvalue weighted by Gasteiger charge is -2.16. The van der Waals surface area contributed by atoms with Gasteiger partial charge in [-0.2, -0.15) is 0 Å². The molecule has 1 heterocycles. The van der Waals surface area contributed by atoms with Gasteiger partial charge < -0.3 is 10.4 Å². The molecular weight excluding hydrogens is 168 g/mol. The number of nitrogens with one attached hydrogen (secondary N) is 1. The molecule has 0 radical (unpaired) electrons. The average Bonchev–Trinajstić information content (AvgIpc) is 2.33. The molecule has 13 heavy (non-hydrogen) atoms. The molecule has 0 aliphatic heterocycles. The predicted octanol–water partition coefficient (Wildman–Crippen LogP) is -0.324. The molecule has 5 heteroatoms. The van der Waals surface area contributed by atoms with Gasteiger partial charge in [0.25, 0.3) is 0 Å². The summed E-state index contributed by atoms with van der Waals surface area (Å²) in [5.74, 6) is 0. The number of rotatable bonds is 4. The van der Waals surface area contributed by atoms with Crippen LogP contribution >= 0.6 is 0 Å². The lowest BCUT2D eigenvalue weighted by atomic mass is 10.1. The molecule has 0 aliphatic rings. The Bertz CT molecular complexity index is 263. The summed E-state index contributed by atoms with van der Waals surface area (Å²) in [6, 6.07) is 0. The molecule has 0 bridgehead atoms. The minimum Gasteiger partial charge on any atom is -0.389 e. The maximum Gasteiger partial charge on any atom is 0.0964 e. The molecule has 0 spiro atoms. The van der Waals surface area contributed by atoms with E-state index in [1.54, 1.807) is 18.5 Å². The van der Waals surface area contributed by atoms with Gasteiger partial charge in [0.05, 0.1) is 11.3 Å². The standard InChI is InChI=1S/C8H16N4O/c1-8(2,13)6-9-4-7-5-12(3)11-10-7/h5,9,13H,4,6H2,1-3H3. The third-order valence-electron chi connectivity index (χ3n) is 1.51. The first-order valence-electron chi connectivity index (χ1n) is 4.26. The monoisotopic (exact) mass is 184 g/mol. The van der Waals surface area contributed by atoms with Gasteiger partial charge in [-0.15, -0.1) is 5.10 Å². The first-order valence-corrected chi connectivity index (χ1v) is 4.26. The van der Waals surface area contributed by atoms with Crippen molar-refractivity contribution < 1.29 is 5.11 Å². The van der Waals surface area contributed by atoms with Crippen LogP contribution in [-0.2, 0) is 13.6 Å². The fraction of sp³-hybridized carbons (Fsp3) is 0.750. The van der Waals surface area contributed by atoms with Crippen LogP contribution in [0.1, 0.15) is 19.5 Å². The zero-order valence-corrected chi connectivity index (χ0v) is 8.28. The molecule has 5 nitrogen and oxygen atoms in total. The maximum atomic E-state index is 9.40. The number of aryl methyl sites for hydroxylation is 1. The number of nitrogens with zero attached hydrogens (tertiary/aromatic N) is 3. The minimum absolute atomic E-state index is 0.545. The molecule has 0 aromatic carbocycles. The Kier molecular flexibility index (Phi) is 3.00. The maximum absolute atomic E-state index is 9.40. The van der Waals surface area contributed by atoms with Crippen molar-refractivity contribution in [1.82, 2.24) is 20.3 Å². The van der Waals surface area contributed by atoms with E-state index >= 15 is 0 Å². The first kappa shape index (κ1) is 10.1. The second-order valence-electron chi connectivity index (χ2n) is 3.80. The zero-order valence-electron chi connectivity index (χ0n) is 8.28. The van der Waals surface area contributed by atoms with Crippen molar-refractivity contribution in [3.8, 4) is 0 Å². The molecule has 1 aromatic rings. The summed E-state index contributed by atoms with van der Waals surface area (Å²) < 4.78 is 1.65. The number of hydrogen-bond acceptors (Lipinski definition) is 4. The molecule has 0 fully saturated rings. The van der Waals surface area contributed by atoms with Crippen LogP contribution in [0.2, 0.25) is 0 Å². The average molecular weight is 184 g/mol. The van der Waals surface area contributed by atoms with Gasteiger partial charge in [0.15, 0.2) is 0 Å². The van der Waals surface area contributed by atoms with E-state index in [1.807, 2.05) is 13.2 Å². The highest BCUT2D eigenvalue weighted by molar-refractivity contribution is 4.91. The van der Waals surface area contributed by atoms with Gasteiger partial charge in [-0.25, -0.2) is 0 Å². The summed E-state index contributed by atoms with van der Waals surface area (Å²) in [6.45, 7) is 4.70. The van der Waals surface area contributed by atoms with E-state index in [4.69, 9.17) is 0 Å². The highest BCUT2D eigenvalue weighted by Gasteiger charge is 2.11. The quantitative estimate of drug-likeness (QED) is 0.673. The molecule has 0 aliphatic carbocycles. The van der Waals surface area contributed by atoms with Crippen molar-refractivity contribution in [2.24, 2.45) is 7.05 Å². The Labute approximate surface area is 77.8 Å². The Hall–Kier alpha value is -0.940. The van der Waals surface area contributed by atoms with Crippen LogP contribution in [0.25, 0.3) is 0 Å². The van der Waals surface area contributed by atoms with Crippen LogP contribution in [0.5, 0.6) is 0 Å². The van der Waals surface area contributed by atoms with Crippen LogP contribution in [0.4, 0.5) is 0 Å². The molecule has 1 aromatic heterocycles. The molecule has 0 saturated carbocycles. The summed E-state index contributed by atoms with van der Waals surface area (Å²) in [5, 5.41) is 20.2. The Morgan fingerprint density at radius 2 is 2.31 bits per heavy atom. The van der Waals surface area contributed by atoms with E-state index in [0.29, 0.717) is 13.1 Å². The van der Waals surface area contributed by atoms with Gasteiger partial charge in [0, 0.05) is 26.3 Å². The van der Waals surface area contributed by atoms with Crippen molar-refractivity contribution in [1.29, 1.82) is 0 Å². The van der Waals surface area contributed by atoms with E-state index in [-0.39, 0.29) is 0 Å². The van der Waals surface area contributed by atoms with E-state index in [0.717, 1.165) is 5.69 Å². The highest BCUT2D eigenvalue weighted by atomic mass is 16.3. The van der Waals surface area contributed by atoms with Gasteiger partial charge >= 0.3 is 0 Å². The molecule has 1 rings (SSSR count). The Morgan fingerprint density at radius 1 is 1.62 bits per heavy atom. The number of aromatic nitrogens is 3. The van der Waals surface area contributed by atoms with Crippen molar-refractivity contribution >= 4 is 0 Å². The van der Waals surface area contributed by atoms with E-state index in [2.05, 4.69) is 15.6 Å². The van der Waals surface area contributed by atoms with E-state index in [9.17, 15) is 5.11 Å². The normalized spacial score (nSPS) is 12.0. The number of hydrogen-bond donors (Lipinski definition) is 2. The highest BCUT2D eigenvalue weighted by Crippen LogP contribution is 1.98. The lowest BCUT2D eigenvalue weighted by molar-refractivity contribution is 0.0794. The van der Waals surface area contributed by atoms with Crippen LogP contribution in [0, 0.1) is 0 Å². The Morgan fingerprint density at radius 3 is 2.77 bits per heavy atom. The summed E-state index contributed by atoms with van der Waals surface area (Å²) >= 11 is 0. The summed E-state index contributed by atoms with van der Waals surface area (Å²) in [6.07, 6.45) is 1.84. The number of aliphatic hydroxyl groups is 1. The van der Waals surface area contributed by atoms with Crippen molar-refractivity contribution in [2.45, 2.75) is 26.0 Å². The molecule has 0 atom stereocenters. The van der Waals surface area contributed by atoms with Crippen molar-refractivity contribution in [3.63, 3.8) is 0 Å². The smallest absolute Gasteiger partial charge is 0.0964 e. The van der Waals surface area contributed by atoms with Gasteiger partial charge in [-0.3, -0.25) is 4.68 Å². The molecular formula is C8H16N4O. The SMILES string of the molecule is Cn1cc(CNCC(C)(C)O)nn1. The van der Waals surface area contributed by atoms with E-state index in [1.165, 1.54) is 0 Å². The first-order chi connectivity index (χ1) is 5.97. The lowest BCUT2D eigenvalue weighted by Crippen LogP contribution is -2.34. The van der Waals surface area contributed by atoms with Gasteiger partial charge in [0.2, 0.25) is 0 Å². The summed E-state index contributed by atoms with van der Waals surface area (Å²) in [5.41, 5.74) is 0.203. The Balaban J connectivity index is 2.28. The van der Waals surface area contributed by atoms with Crippen LogP contribution in [0.15, 0.2) is 6.20 Å². The third kappa shape index (κ3) is 4.00. The van der Waals surface area contributed by atoms with Gasteiger partial charge in [0.1, 0.15) is 0 Å². The zero-order chi connectivity index (χ0) is 9.90. The molecule has 0 amide bonds. The fourth-order valence-corrected chi connectivity index (χ4v) is 0.973. The van der Waals surface area contributed by atoms with Crippen molar-refractivity contribution in [3.05, 3.63) is 11.9 Å². The van der Waals surface area contributed by atoms with Crippen LogP contribution in [0.3, 0.4) is 0 Å². The second kappa shape index (κ2) is 3.85. The summed E-state index contributed by atoms with van der Waals surface area (Å²) in [4.78, 5) is 0. The largest absolute Gasteiger partial charge is 0.389 e. The molecule has 0 unspecified atom stereocenters.